The normalized spacial score (nSPS) is 17.5. The second kappa shape index (κ2) is 8.58. The molecule has 1 aliphatic carbocycles. The van der Waals surface area contributed by atoms with E-state index in [1.165, 1.54) is 18.6 Å². The van der Waals surface area contributed by atoms with Crippen LogP contribution in [-0.4, -0.2) is 38.0 Å². The summed E-state index contributed by atoms with van der Waals surface area (Å²) >= 11 is 0. The van der Waals surface area contributed by atoms with E-state index in [4.69, 9.17) is 0 Å². The Morgan fingerprint density at radius 3 is 2.75 bits per heavy atom. The lowest BCUT2D eigenvalue weighted by molar-refractivity contribution is -0.115. The van der Waals surface area contributed by atoms with Gasteiger partial charge in [0, 0.05) is 36.1 Å². The number of H-pyrrole nitrogens is 1. The molecule has 0 aliphatic heterocycles. The highest BCUT2D eigenvalue weighted by molar-refractivity contribution is 5.95. The van der Waals surface area contributed by atoms with Crippen LogP contribution >= 0.6 is 0 Å². The summed E-state index contributed by atoms with van der Waals surface area (Å²) < 4.78 is 0. The summed E-state index contributed by atoms with van der Waals surface area (Å²) in [6, 6.07) is 16.0. The molecule has 0 bridgehead atoms. The fourth-order valence-corrected chi connectivity index (χ4v) is 4.08. The Bertz CT molecular complexity index is 1260. The zero-order valence-electron chi connectivity index (χ0n) is 17.3. The molecule has 3 N–H and O–H groups in total. The van der Waals surface area contributed by atoms with Crippen LogP contribution in [0.1, 0.15) is 40.5 Å². The molecule has 1 aliphatic rings. The molecule has 0 radical (unpaired) electrons. The molecule has 2 amide bonds. The number of carbonyl (C=O) groups is 2. The Labute approximate surface area is 184 Å². The smallest absolute Gasteiger partial charge is 0.271 e. The summed E-state index contributed by atoms with van der Waals surface area (Å²) in [6.45, 7) is 0. The molecule has 2 aromatic heterocycles. The number of anilines is 1. The van der Waals surface area contributed by atoms with E-state index in [1.807, 2.05) is 48.5 Å². The second-order valence-electron chi connectivity index (χ2n) is 8.00. The Morgan fingerprint density at radius 2 is 1.91 bits per heavy atom. The molecule has 2 aromatic carbocycles. The monoisotopic (exact) mass is 426 g/mol. The van der Waals surface area contributed by atoms with Gasteiger partial charge in [-0.15, -0.1) is 0 Å². The van der Waals surface area contributed by atoms with Gasteiger partial charge in [-0.2, -0.15) is 5.10 Å². The number of amides is 2. The highest BCUT2D eigenvalue weighted by Crippen LogP contribution is 2.36. The largest absolute Gasteiger partial charge is 0.348 e. The maximum atomic E-state index is 12.6. The molecule has 4 aromatic rings. The lowest BCUT2D eigenvalue weighted by atomic mass is 9.78. The third-order valence-corrected chi connectivity index (χ3v) is 5.81. The van der Waals surface area contributed by atoms with Crippen molar-refractivity contribution in [2.75, 3.05) is 5.32 Å². The number of nitrogens with one attached hydrogen (secondary N) is 3. The Hall–Kier alpha value is -4.07. The van der Waals surface area contributed by atoms with Crippen LogP contribution in [0.5, 0.6) is 0 Å². The van der Waals surface area contributed by atoms with Crippen molar-refractivity contribution in [3.63, 3.8) is 0 Å². The van der Waals surface area contributed by atoms with E-state index in [9.17, 15) is 9.59 Å². The maximum Gasteiger partial charge on any atom is 0.271 e. The van der Waals surface area contributed by atoms with Gasteiger partial charge in [0.2, 0.25) is 5.91 Å². The average Bonchev–Trinajstić information content (AvgIpc) is 3.24. The van der Waals surface area contributed by atoms with Crippen molar-refractivity contribution in [1.29, 1.82) is 0 Å². The highest BCUT2D eigenvalue weighted by Gasteiger charge is 2.33. The first-order chi connectivity index (χ1) is 15.7. The van der Waals surface area contributed by atoms with Gasteiger partial charge in [0.05, 0.1) is 12.6 Å². The summed E-state index contributed by atoms with van der Waals surface area (Å²) in [4.78, 5) is 32.7. The van der Waals surface area contributed by atoms with Crippen LogP contribution in [0.3, 0.4) is 0 Å². The maximum absolute atomic E-state index is 12.6. The molecule has 8 nitrogen and oxygen atoms in total. The fourth-order valence-electron chi connectivity index (χ4n) is 4.08. The summed E-state index contributed by atoms with van der Waals surface area (Å²) in [6.07, 6.45) is 6.37. The van der Waals surface area contributed by atoms with Gasteiger partial charge in [0.25, 0.3) is 5.91 Å². The first kappa shape index (κ1) is 19.9. The topological polar surface area (TPSA) is 113 Å². The number of benzene rings is 2. The summed E-state index contributed by atoms with van der Waals surface area (Å²) in [5.41, 5.74) is 2.25. The minimum atomic E-state index is -0.215. The number of carbonyl (C=O) groups excluding carboxylic acids is 2. The van der Waals surface area contributed by atoms with Gasteiger partial charge in [0.1, 0.15) is 5.69 Å². The molecule has 5 rings (SSSR count). The Balaban J connectivity index is 1.15. The minimum Gasteiger partial charge on any atom is -0.348 e. The van der Waals surface area contributed by atoms with Crippen molar-refractivity contribution < 1.29 is 9.59 Å². The van der Waals surface area contributed by atoms with Crippen LogP contribution in [0, 0.1) is 0 Å². The molecule has 160 valence electrons. The van der Waals surface area contributed by atoms with Crippen molar-refractivity contribution in [3.05, 3.63) is 84.1 Å². The number of hydrogen-bond acceptors (Lipinski definition) is 5. The van der Waals surface area contributed by atoms with Gasteiger partial charge in [-0.1, -0.05) is 42.5 Å². The summed E-state index contributed by atoms with van der Waals surface area (Å²) in [5.74, 6) is 0.449. The van der Waals surface area contributed by atoms with E-state index in [0.29, 0.717) is 11.5 Å². The predicted molar refractivity (Wildman–Crippen MR) is 120 cm³/mol. The number of fused-ring (bicyclic) bond motifs is 1. The third-order valence-electron chi connectivity index (χ3n) is 5.81. The number of hydrogen-bond donors (Lipinski definition) is 3. The van der Waals surface area contributed by atoms with E-state index in [2.05, 4.69) is 30.8 Å². The molecule has 0 unspecified atom stereocenters. The van der Waals surface area contributed by atoms with Gasteiger partial charge in [0.15, 0.2) is 5.82 Å². The molecule has 1 fully saturated rings. The first-order valence-corrected chi connectivity index (χ1v) is 10.5. The average molecular weight is 426 g/mol. The molecule has 0 atom stereocenters. The van der Waals surface area contributed by atoms with Crippen LogP contribution in [-0.2, 0) is 11.2 Å². The predicted octanol–water partition coefficient (Wildman–Crippen LogP) is 3.21. The first-order valence-electron chi connectivity index (χ1n) is 10.5. The van der Waals surface area contributed by atoms with Crippen molar-refractivity contribution in [3.8, 4) is 0 Å². The van der Waals surface area contributed by atoms with Gasteiger partial charge in [-0.05, 0) is 29.2 Å². The highest BCUT2D eigenvalue weighted by atomic mass is 16.2. The van der Waals surface area contributed by atoms with Crippen LogP contribution in [0.25, 0.3) is 10.8 Å². The van der Waals surface area contributed by atoms with E-state index >= 15 is 0 Å². The van der Waals surface area contributed by atoms with Crippen LogP contribution in [0.4, 0.5) is 5.82 Å². The van der Waals surface area contributed by atoms with E-state index in [0.717, 1.165) is 34.9 Å². The number of rotatable bonds is 6. The van der Waals surface area contributed by atoms with Gasteiger partial charge < -0.3 is 10.6 Å². The van der Waals surface area contributed by atoms with E-state index < -0.39 is 0 Å². The quantitative estimate of drug-likeness (QED) is 0.438. The Kier molecular flexibility index (Phi) is 5.33. The van der Waals surface area contributed by atoms with Gasteiger partial charge >= 0.3 is 0 Å². The van der Waals surface area contributed by atoms with Crippen LogP contribution in [0.15, 0.2) is 67.1 Å². The van der Waals surface area contributed by atoms with Crippen LogP contribution in [0.2, 0.25) is 0 Å². The van der Waals surface area contributed by atoms with Gasteiger partial charge in [-0.3, -0.25) is 19.7 Å². The van der Waals surface area contributed by atoms with E-state index in [1.54, 1.807) is 0 Å². The van der Waals surface area contributed by atoms with Crippen molar-refractivity contribution in [1.82, 2.24) is 25.5 Å². The molecule has 0 saturated heterocycles. The minimum absolute atomic E-state index is 0.0854. The third kappa shape index (κ3) is 4.20. The standard InChI is InChI=1S/C24H22N6O2/c31-23(12-16-6-3-5-15-4-1-2-7-19(15)16)28-22-13-20(29-30-22)17-10-18(11-17)27-24(32)21-14-25-8-9-26-21/h1-9,13-14,17-18H,10-12H2,(H,27,32)(H2,28,29,30,31). The lowest BCUT2D eigenvalue weighted by Gasteiger charge is -2.34. The van der Waals surface area contributed by atoms with Crippen molar-refractivity contribution >= 4 is 28.4 Å². The summed E-state index contributed by atoms with van der Waals surface area (Å²) in [5, 5.41) is 15.3. The lowest BCUT2D eigenvalue weighted by Crippen LogP contribution is -2.43. The van der Waals surface area contributed by atoms with Crippen molar-refractivity contribution in [2.45, 2.75) is 31.2 Å². The molecular formula is C24H22N6O2. The molecule has 0 spiro atoms. The molecule has 32 heavy (non-hydrogen) atoms. The zero-order chi connectivity index (χ0) is 21.9. The number of aromatic amines is 1. The van der Waals surface area contributed by atoms with Crippen molar-refractivity contribution in [2.24, 2.45) is 0 Å². The van der Waals surface area contributed by atoms with Crippen LogP contribution < -0.4 is 10.6 Å². The van der Waals surface area contributed by atoms with E-state index in [-0.39, 0.29) is 30.2 Å². The molecule has 8 heteroatoms. The molecule has 1 saturated carbocycles. The zero-order valence-corrected chi connectivity index (χ0v) is 17.3. The summed E-state index contributed by atoms with van der Waals surface area (Å²) in [7, 11) is 0. The van der Waals surface area contributed by atoms with Gasteiger partial charge in [-0.25, -0.2) is 4.98 Å². The fraction of sp³-hybridized carbons (Fsp3) is 0.208. The molecular weight excluding hydrogens is 404 g/mol. The number of nitrogens with zero attached hydrogens (tertiary/aromatic N) is 3. The SMILES string of the molecule is O=C(Cc1cccc2ccccc12)Nc1cc(C2CC(NC(=O)c3cnccn3)C2)[nH]n1. The number of aromatic nitrogens is 4. The Morgan fingerprint density at radius 1 is 1.06 bits per heavy atom. The molecule has 2 heterocycles. The second-order valence-corrected chi connectivity index (χ2v) is 8.00.